The van der Waals surface area contributed by atoms with Crippen molar-refractivity contribution in [2.75, 3.05) is 0 Å². The Kier molecular flexibility index (Phi) is 3.11. The highest BCUT2D eigenvalue weighted by atomic mass is 32.1. The molecule has 92 valence electrons. The van der Waals surface area contributed by atoms with E-state index in [2.05, 4.69) is 21.7 Å². The first kappa shape index (κ1) is 11.4. The molecule has 2 atom stereocenters. The minimum absolute atomic E-state index is 0.152. The van der Waals surface area contributed by atoms with E-state index in [0.717, 1.165) is 12.1 Å². The molecule has 2 aromatic rings. The van der Waals surface area contributed by atoms with Crippen LogP contribution >= 0.6 is 11.3 Å². The third-order valence-electron chi connectivity index (χ3n) is 3.21. The zero-order valence-electron chi connectivity index (χ0n) is 9.87. The fourth-order valence-corrected chi connectivity index (χ4v) is 3.02. The molecule has 0 radical (unpaired) electrons. The average molecular weight is 258 g/mol. The van der Waals surface area contributed by atoms with E-state index in [0.29, 0.717) is 12.5 Å². The van der Waals surface area contributed by atoms with Gasteiger partial charge < -0.3 is 5.32 Å². The molecule has 4 heteroatoms. The summed E-state index contributed by atoms with van der Waals surface area (Å²) in [5.41, 5.74) is 0.902. The van der Waals surface area contributed by atoms with Crippen LogP contribution < -0.4 is 5.32 Å². The van der Waals surface area contributed by atoms with Crippen LogP contribution in [0.2, 0.25) is 0 Å². The highest BCUT2D eigenvalue weighted by Crippen LogP contribution is 2.49. The Balaban J connectivity index is 1.52. The van der Waals surface area contributed by atoms with Crippen molar-refractivity contribution in [3.63, 3.8) is 0 Å². The Labute approximate surface area is 110 Å². The van der Waals surface area contributed by atoms with E-state index in [1.807, 2.05) is 24.3 Å². The van der Waals surface area contributed by atoms with Gasteiger partial charge in [0, 0.05) is 22.9 Å². The van der Waals surface area contributed by atoms with Gasteiger partial charge in [-0.05, 0) is 30.0 Å². The number of carbonyl (C=O) groups excluding carboxylic acids is 1. The minimum Gasteiger partial charge on any atom is -0.350 e. The molecule has 0 spiro atoms. The molecule has 0 aromatic carbocycles. The molecule has 1 aliphatic carbocycles. The number of pyridine rings is 1. The molecular formula is C14H14N2OS. The highest BCUT2D eigenvalue weighted by Gasteiger charge is 2.44. The van der Waals surface area contributed by atoms with Crippen molar-refractivity contribution >= 4 is 17.2 Å². The number of rotatable bonds is 4. The predicted octanol–water partition coefficient (Wildman–Crippen LogP) is 2.56. The average Bonchev–Trinajstić information content (AvgIpc) is 3.03. The maximum atomic E-state index is 11.9. The molecule has 18 heavy (non-hydrogen) atoms. The van der Waals surface area contributed by atoms with Crippen molar-refractivity contribution in [2.45, 2.75) is 18.9 Å². The predicted molar refractivity (Wildman–Crippen MR) is 71.3 cm³/mol. The Morgan fingerprint density at radius 2 is 2.33 bits per heavy atom. The molecule has 0 saturated heterocycles. The van der Waals surface area contributed by atoms with E-state index < -0.39 is 0 Å². The molecule has 0 bridgehead atoms. The molecule has 1 saturated carbocycles. The summed E-state index contributed by atoms with van der Waals surface area (Å²) in [4.78, 5) is 17.5. The summed E-state index contributed by atoms with van der Waals surface area (Å²) in [6, 6.07) is 9.88. The topological polar surface area (TPSA) is 42.0 Å². The van der Waals surface area contributed by atoms with Gasteiger partial charge >= 0.3 is 0 Å². The number of nitrogens with one attached hydrogen (secondary N) is 1. The molecule has 1 N–H and O–H groups in total. The summed E-state index contributed by atoms with van der Waals surface area (Å²) in [6.07, 6.45) is 2.72. The zero-order chi connectivity index (χ0) is 12.4. The molecular weight excluding hydrogens is 244 g/mol. The first-order chi connectivity index (χ1) is 8.84. The van der Waals surface area contributed by atoms with Gasteiger partial charge in [0.15, 0.2) is 0 Å². The van der Waals surface area contributed by atoms with Gasteiger partial charge in [0.25, 0.3) is 0 Å². The maximum Gasteiger partial charge on any atom is 0.224 e. The third-order valence-corrected chi connectivity index (χ3v) is 4.21. The summed E-state index contributed by atoms with van der Waals surface area (Å²) in [7, 11) is 0. The monoisotopic (exact) mass is 258 g/mol. The second-order valence-electron chi connectivity index (χ2n) is 4.50. The molecule has 3 rings (SSSR count). The summed E-state index contributed by atoms with van der Waals surface area (Å²) in [6.45, 7) is 0.521. The number of carbonyl (C=O) groups is 1. The van der Waals surface area contributed by atoms with Gasteiger partial charge in [-0.25, -0.2) is 0 Å². The van der Waals surface area contributed by atoms with E-state index in [1.54, 1.807) is 17.5 Å². The number of hydrogen-bond donors (Lipinski definition) is 1. The van der Waals surface area contributed by atoms with Crippen LogP contribution in [0.15, 0.2) is 41.9 Å². The lowest BCUT2D eigenvalue weighted by atomic mass is 10.2. The van der Waals surface area contributed by atoms with E-state index >= 15 is 0 Å². The van der Waals surface area contributed by atoms with Crippen LogP contribution in [0.5, 0.6) is 0 Å². The molecule has 2 aromatic heterocycles. The SMILES string of the molecule is O=C(NCc1ccccn1)C1CC1c1cccs1. The lowest BCUT2D eigenvalue weighted by molar-refractivity contribution is -0.122. The zero-order valence-corrected chi connectivity index (χ0v) is 10.7. The summed E-state index contributed by atoms with van der Waals surface area (Å²) >= 11 is 1.74. The molecule has 1 aliphatic rings. The summed E-state index contributed by atoms with van der Waals surface area (Å²) < 4.78 is 0. The number of amides is 1. The van der Waals surface area contributed by atoms with Crippen molar-refractivity contribution in [1.82, 2.24) is 10.3 Å². The van der Waals surface area contributed by atoms with Gasteiger partial charge in [-0.2, -0.15) is 0 Å². The number of hydrogen-bond acceptors (Lipinski definition) is 3. The van der Waals surface area contributed by atoms with Crippen LogP contribution in [0.3, 0.4) is 0 Å². The minimum atomic E-state index is 0.152. The van der Waals surface area contributed by atoms with Gasteiger partial charge in [0.2, 0.25) is 5.91 Å². The number of thiophene rings is 1. The van der Waals surface area contributed by atoms with Crippen LogP contribution in [0, 0.1) is 5.92 Å². The highest BCUT2D eigenvalue weighted by molar-refractivity contribution is 7.10. The Hall–Kier alpha value is -1.68. The lowest BCUT2D eigenvalue weighted by Gasteiger charge is -2.03. The number of nitrogens with zero attached hydrogens (tertiary/aromatic N) is 1. The largest absolute Gasteiger partial charge is 0.350 e. The first-order valence-electron chi connectivity index (χ1n) is 6.05. The first-order valence-corrected chi connectivity index (χ1v) is 6.93. The van der Waals surface area contributed by atoms with Crippen LogP contribution in [-0.4, -0.2) is 10.9 Å². The van der Waals surface area contributed by atoms with Crippen molar-refractivity contribution in [3.05, 3.63) is 52.5 Å². The van der Waals surface area contributed by atoms with Gasteiger partial charge in [0.05, 0.1) is 12.2 Å². The molecule has 2 heterocycles. The van der Waals surface area contributed by atoms with E-state index in [1.165, 1.54) is 4.88 Å². The molecule has 3 nitrogen and oxygen atoms in total. The van der Waals surface area contributed by atoms with Gasteiger partial charge in [-0.15, -0.1) is 11.3 Å². The van der Waals surface area contributed by atoms with Crippen molar-refractivity contribution in [3.8, 4) is 0 Å². The van der Waals surface area contributed by atoms with E-state index in [-0.39, 0.29) is 11.8 Å². The molecule has 0 aliphatic heterocycles. The van der Waals surface area contributed by atoms with Gasteiger partial charge in [-0.1, -0.05) is 12.1 Å². The third kappa shape index (κ3) is 2.43. The van der Waals surface area contributed by atoms with Gasteiger partial charge in [0.1, 0.15) is 0 Å². The Morgan fingerprint density at radius 1 is 1.39 bits per heavy atom. The quantitative estimate of drug-likeness (QED) is 0.915. The maximum absolute atomic E-state index is 11.9. The van der Waals surface area contributed by atoms with Crippen LogP contribution in [0.4, 0.5) is 0 Å². The standard InChI is InChI=1S/C14H14N2OS/c17-14(16-9-10-4-1-2-6-15-10)12-8-11(12)13-5-3-7-18-13/h1-7,11-12H,8-9H2,(H,16,17). The fourth-order valence-electron chi connectivity index (χ4n) is 2.11. The van der Waals surface area contributed by atoms with Gasteiger partial charge in [-0.3, -0.25) is 9.78 Å². The Morgan fingerprint density at radius 3 is 3.06 bits per heavy atom. The second kappa shape index (κ2) is 4.90. The van der Waals surface area contributed by atoms with Crippen LogP contribution in [0.25, 0.3) is 0 Å². The van der Waals surface area contributed by atoms with Crippen LogP contribution in [0.1, 0.15) is 22.9 Å². The number of aromatic nitrogens is 1. The van der Waals surface area contributed by atoms with Crippen molar-refractivity contribution in [1.29, 1.82) is 0 Å². The fraction of sp³-hybridized carbons (Fsp3) is 0.286. The van der Waals surface area contributed by atoms with Crippen molar-refractivity contribution < 1.29 is 4.79 Å². The molecule has 1 amide bonds. The van der Waals surface area contributed by atoms with Crippen molar-refractivity contribution in [2.24, 2.45) is 5.92 Å². The smallest absolute Gasteiger partial charge is 0.224 e. The van der Waals surface area contributed by atoms with Crippen LogP contribution in [-0.2, 0) is 11.3 Å². The summed E-state index contributed by atoms with van der Waals surface area (Å²) in [5.74, 6) is 0.750. The van der Waals surface area contributed by atoms with E-state index in [9.17, 15) is 4.79 Å². The molecule has 2 unspecified atom stereocenters. The Bertz CT molecular complexity index is 524. The molecule has 1 fully saturated rings. The summed E-state index contributed by atoms with van der Waals surface area (Å²) in [5, 5.41) is 5.02. The normalized spacial score (nSPS) is 21.6. The lowest BCUT2D eigenvalue weighted by Crippen LogP contribution is -2.25. The van der Waals surface area contributed by atoms with E-state index in [4.69, 9.17) is 0 Å². The second-order valence-corrected chi connectivity index (χ2v) is 5.48.